The topological polar surface area (TPSA) is 93.2 Å². The fourth-order valence-electron chi connectivity index (χ4n) is 2.70. The summed E-state index contributed by atoms with van der Waals surface area (Å²) in [4.78, 5) is 24.9. The Bertz CT molecular complexity index is 1010. The molecule has 1 fully saturated rings. The van der Waals surface area contributed by atoms with Crippen LogP contribution in [-0.4, -0.2) is 26.6 Å². The summed E-state index contributed by atoms with van der Waals surface area (Å²) >= 11 is 1.13. The van der Waals surface area contributed by atoms with Crippen LogP contribution in [0.15, 0.2) is 48.7 Å². The van der Waals surface area contributed by atoms with E-state index in [2.05, 4.69) is 19.4 Å². The summed E-state index contributed by atoms with van der Waals surface area (Å²) < 4.78 is 13.6. The third-order valence-corrected chi connectivity index (χ3v) is 5.09. The molecule has 2 N–H and O–H groups in total. The molecule has 1 aliphatic rings. The van der Waals surface area contributed by atoms with E-state index in [0.29, 0.717) is 29.2 Å². The van der Waals surface area contributed by atoms with Crippen LogP contribution in [0.2, 0.25) is 0 Å². The predicted molar refractivity (Wildman–Crippen MR) is 110 cm³/mol. The molecule has 1 aliphatic carbocycles. The fraction of sp³-hybridized carbons (Fsp3) is 0.238. The van der Waals surface area contributed by atoms with Crippen molar-refractivity contribution < 1.29 is 14.3 Å². The number of nitrogens with zero attached hydrogens (tertiary/aromatic N) is 2. The molecule has 1 aromatic heterocycles. The van der Waals surface area contributed by atoms with Gasteiger partial charge in [0.1, 0.15) is 18.1 Å². The zero-order valence-corrected chi connectivity index (χ0v) is 16.7. The van der Waals surface area contributed by atoms with Gasteiger partial charge in [-0.05, 0) is 61.7 Å². The van der Waals surface area contributed by atoms with E-state index in [4.69, 9.17) is 4.74 Å². The standard InChI is InChI=1S/C21H20N4O3S/c1-13-2-3-15(21(27)23-16-6-7-16)10-19(13)24-20(26)14-4-8-18(9-5-14)28-12-17-11-22-29-25-17/h2-5,8-11,16H,6-7,12H2,1H3,(H,23,27)(H,24,26). The van der Waals surface area contributed by atoms with Crippen LogP contribution < -0.4 is 15.4 Å². The lowest BCUT2D eigenvalue weighted by molar-refractivity contribution is 0.0949. The van der Waals surface area contributed by atoms with Gasteiger partial charge in [0.05, 0.1) is 17.9 Å². The number of nitrogens with one attached hydrogen (secondary N) is 2. The van der Waals surface area contributed by atoms with Crippen molar-refractivity contribution >= 4 is 29.2 Å². The third-order valence-electron chi connectivity index (χ3n) is 4.57. The van der Waals surface area contributed by atoms with Crippen molar-refractivity contribution in [2.45, 2.75) is 32.4 Å². The number of anilines is 1. The van der Waals surface area contributed by atoms with Crippen LogP contribution in [-0.2, 0) is 6.61 Å². The van der Waals surface area contributed by atoms with E-state index in [9.17, 15) is 9.59 Å². The van der Waals surface area contributed by atoms with Gasteiger partial charge in [0.2, 0.25) is 0 Å². The second-order valence-corrected chi connectivity index (χ2v) is 7.50. The van der Waals surface area contributed by atoms with Crippen molar-refractivity contribution in [2.75, 3.05) is 5.32 Å². The second-order valence-electron chi connectivity index (χ2n) is 6.94. The summed E-state index contributed by atoms with van der Waals surface area (Å²) in [6, 6.07) is 12.5. The summed E-state index contributed by atoms with van der Waals surface area (Å²) in [5, 5.41) is 5.84. The molecule has 3 aromatic rings. The molecular weight excluding hydrogens is 388 g/mol. The monoisotopic (exact) mass is 408 g/mol. The molecule has 8 heteroatoms. The lowest BCUT2D eigenvalue weighted by Crippen LogP contribution is -2.25. The number of ether oxygens (including phenoxy) is 1. The highest BCUT2D eigenvalue weighted by Gasteiger charge is 2.24. The van der Waals surface area contributed by atoms with Crippen molar-refractivity contribution in [3.63, 3.8) is 0 Å². The summed E-state index contributed by atoms with van der Waals surface area (Å²) in [5.41, 5.74) is 3.31. The second kappa shape index (κ2) is 8.40. The van der Waals surface area contributed by atoms with Crippen molar-refractivity contribution in [3.05, 3.63) is 71.0 Å². The first-order valence-corrected chi connectivity index (χ1v) is 10.0. The highest BCUT2D eigenvalue weighted by molar-refractivity contribution is 6.99. The molecule has 0 unspecified atom stereocenters. The third kappa shape index (κ3) is 4.97. The smallest absolute Gasteiger partial charge is 0.255 e. The molecule has 0 saturated heterocycles. The minimum Gasteiger partial charge on any atom is -0.487 e. The summed E-state index contributed by atoms with van der Waals surface area (Å²) in [5.74, 6) is 0.285. The Kier molecular flexibility index (Phi) is 5.53. The van der Waals surface area contributed by atoms with Gasteiger partial charge in [0.25, 0.3) is 11.8 Å². The Morgan fingerprint density at radius 2 is 1.86 bits per heavy atom. The van der Waals surface area contributed by atoms with Gasteiger partial charge < -0.3 is 15.4 Å². The highest BCUT2D eigenvalue weighted by atomic mass is 32.1. The Hall–Kier alpha value is -3.26. The van der Waals surface area contributed by atoms with Gasteiger partial charge in [-0.2, -0.15) is 8.75 Å². The van der Waals surface area contributed by atoms with Crippen molar-refractivity contribution in [1.29, 1.82) is 0 Å². The van der Waals surface area contributed by atoms with E-state index < -0.39 is 0 Å². The van der Waals surface area contributed by atoms with Gasteiger partial charge in [0, 0.05) is 22.9 Å². The molecule has 0 radical (unpaired) electrons. The highest BCUT2D eigenvalue weighted by Crippen LogP contribution is 2.22. The van der Waals surface area contributed by atoms with E-state index in [1.165, 1.54) is 0 Å². The maximum Gasteiger partial charge on any atom is 0.255 e. The van der Waals surface area contributed by atoms with Crippen LogP contribution in [0.1, 0.15) is 44.8 Å². The number of carbonyl (C=O) groups excluding carboxylic acids is 2. The van der Waals surface area contributed by atoms with Crippen molar-refractivity contribution in [3.8, 4) is 5.75 Å². The van der Waals surface area contributed by atoms with Crippen LogP contribution in [0.3, 0.4) is 0 Å². The zero-order chi connectivity index (χ0) is 20.2. The Labute approximate surface area is 172 Å². The van der Waals surface area contributed by atoms with Crippen molar-refractivity contribution in [2.24, 2.45) is 0 Å². The number of benzene rings is 2. The molecule has 4 rings (SSSR count). The number of carbonyl (C=O) groups is 2. The SMILES string of the molecule is Cc1ccc(C(=O)NC2CC2)cc1NC(=O)c1ccc(OCc2cnsn2)cc1. The van der Waals surface area contributed by atoms with Gasteiger partial charge in [-0.3, -0.25) is 9.59 Å². The molecule has 0 bridgehead atoms. The van der Waals surface area contributed by atoms with Crippen LogP contribution in [0.4, 0.5) is 5.69 Å². The Balaban J connectivity index is 1.39. The summed E-state index contributed by atoms with van der Waals surface area (Å²) in [6.07, 6.45) is 3.72. The average Bonchev–Trinajstić information content (AvgIpc) is 3.38. The minimum absolute atomic E-state index is 0.111. The molecule has 7 nitrogen and oxygen atoms in total. The average molecular weight is 408 g/mol. The van der Waals surface area contributed by atoms with Gasteiger partial charge >= 0.3 is 0 Å². The van der Waals surface area contributed by atoms with Gasteiger partial charge in [-0.25, -0.2) is 0 Å². The van der Waals surface area contributed by atoms with Crippen LogP contribution >= 0.6 is 11.7 Å². The fourth-order valence-corrected chi connectivity index (χ4v) is 3.12. The summed E-state index contributed by atoms with van der Waals surface area (Å²) in [7, 11) is 0. The summed E-state index contributed by atoms with van der Waals surface area (Å²) in [6.45, 7) is 2.22. The van der Waals surface area contributed by atoms with E-state index in [0.717, 1.165) is 35.8 Å². The first kappa shape index (κ1) is 19.1. The van der Waals surface area contributed by atoms with E-state index in [-0.39, 0.29) is 17.9 Å². The van der Waals surface area contributed by atoms with E-state index in [1.807, 2.05) is 13.0 Å². The van der Waals surface area contributed by atoms with Crippen LogP contribution in [0.5, 0.6) is 5.75 Å². The number of aryl methyl sites for hydroxylation is 1. The van der Waals surface area contributed by atoms with Gasteiger partial charge in [0.15, 0.2) is 0 Å². The largest absolute Gasteiger partial charge is 0.487 e. The lowest BCUT2D eigenvalue weighted by atomic mass is 10.1. The number of amides is 2. The lowest BCUT2D eigenvalue weighted by Gasteiger charge is -2.11. The van der Waals surface area contributed by atoms with E-state index in [1.54, 1.807) is 42.6 Å². The molecule has 0 atom stereocenters. The molecule has 2 aromatic carbocycles. The molecule has 29 heavy (non-hydrogen) atoms. The number of aromatic nitrogens is 2. The number of hydrogen-bond donors (Lipinski definition) is 2. The molecule has 2 amide bonds. The van der Waals surface area contributed by atoms with Crippen LogP contribution in [0, 0.1) is 6.92 Å². The number of rotatable bonds is 7. The maximum atomic E-state index is 12.6. The minimum atomic E-state index is -0.247. The predicted octanol–water partition coefficient (Wildman–Crippen LogP) is 3.57. The molecule has 1 heterocycles. The molecule has 0 aliphatic heterocycles. The Morgan fingerprint density at radius 1 is 1.10 bits per heavy atom. The molecule has 148 valence electrons. The first-order valence-electron chi connectivity index (χ1n) is 9.30. The maximum absolute atomic E-state index is 12.6. The first-order chi connectivity index (χ1) is 14.1. The van der Waals surface area contributed by atoms with Crippen LogP contribution in [0.25, 0.3) is 0 Å². The van der Waals surface area contributed by atoms with Crippen molar-refractivity contribution in [1.82, 2.24) is 14.1 Å². The van der Waals surface area contributed by atoms with Gasteiger partial charge in [-0.15, -0.1) is 0 Å². The number of hydrogen-bond acceptors (Lipinski definition) is 6. The van der Waals surface area contributed by atoms with E-state index >= 15 is 0 Å². The Morgan fingerprint density at radius 3 is 2.55 bits per heavy atom. The molecular formula is C21H20N4O3S. The molecule has 0 spiro atoms. The quantitative estimate of drug-likeness (QED) is 0.623. The zero-order valence-electron chi connectivity index (χ0n) is 15.8. The normalized spacial score (nSPS) is 13.0. The van der Waals surface area contributed by atoms with Gasteiger partial charge in [-0.1, -0.05) is 6.07 Å². The molecule has 1 saturated carbocycles.